The number of oxime groups is 1. The third kappa shape index (κ3) is 3.19. The maximum atomic E-state index is 12.7. The summed E-state index contributed by atoms with van der Waals surface area (Å²) in [5.74, 6) is -3.24. The number of hydrogen-bond acceptors (Lipinski definition) is 4. The lowest BCUT2D eigenvalue weighted by Crippen LogP contribution is -2.45. The Bertz CT molecular complexity index is 714. The predicted octanol–water partition coefficient (Wildman–Crippen LogP) is 3.05. The summed E-state index contributed by atoms with van der Waals surface area (Å²) < 4.78 is 38.1. The van der Waals surface area contributed by atoms with Crippen LogP contribution in [0.15, 0.2) is 53.8 Å². The smallest absolute Gasteiger partial charge is 0.350 e. The molecule has 4 nitrogen and oxygen atoms in total. The second kappa shape index (κ2) is 5.66. The van der Waals surface area contributed by atoms with Crippen molar-refractivity contribution in [2.45, 2.75) is 24.8 Å². The molecule has 1 atom stereocenters. The monoisotopic (exact) mass is 322 g/mol. The number of pyridine rings is 1. The van der Waals surface area contributed by atoms with Gasteiger partial charge < -0.3 is 9.94 Å². The second-order valence-electron chi connectivity index (χ2n) is 5.28. The fourth-order valence-electron chi connectivity index (χ4n) is 2.26. The third-order valence-corrected chi connectivity index (χ3v) is 3.56. The Morgan fingerprint density at radius 3 is 2.43 bits per heavy atom. The van der Waals surface area contributed by atoms with Crippen molar-refractivity contribution in [2.24, 2.45) is 5.16 Å². The number of benzene rings is 1. The largest absolute Gasteiger partial charge is 0.458 e. The second-order valence-corrected chi connectivity index (χ2v) is 5.28. The molecule has 2 heterocycles. The summed E-state index contributed by atoms with van der Waals surface area (Å²) in [7, 11) is 0. The molecule has 1 aromatic carbocycles. The van der Waals surface area contributed by atoms with Crippen molar-refractivity contribution < 1.29 is 23.1 Å². The fraction of sp³-hybridized carbons (Fsp3) is 0.250. The molecule has 1 aliphatic heterocycles. The van der Waals surface area contributed by atoms with Crippen molar-refractivity contribution >= 4 is 5.71 Å². The Morgan fingerprint density at radius 1 is 1.13 bits per heavy atom. The molecule has 0 saturated heterocycles. The van der Waals surface area contributed by atoms with E-state index in [0.29, 0.717) is 12.0 Å². The molecule has 0 aliphatic carbocycles. The lowest BCUT2D eigenvalue weighted by atomic mass is 10.00. The Balaban J connectivity index is 1.71. The molecule has 0 amide bonds. The zero-order valence-electron chi connectivity index (χ0n) is 11.9. The first-order valence-electron chi connectivity index (χ1n) is 6.91. The minimum Gasteiger partial charge on any atom is -0.350 e. The van der Waals surface area contributed by atoms with E-state index in [1.54, 1.807) is 30.5 Å². The SMILES string of the molecule is OC1(C(F)(F)F)CC(c2ccc(Cc3ccccn3)cc2)=NO1. The molecule has 120 valence electrons. The van der Waals surface area contributed by atoms with E-state index >= 15 is 0 Å². The maximum absolute atomic E-state index is 12.7. The van der Waals surface area contributed by atoms with Gasteiger partial charge in [0.2, 0.25) is 0 Å². The van der Waals surface area contributed by atoms with Gasteiger partial charge in [0.1, 0.15) is 0 Å². The molecule has 3 rings (SSSR count). The number of aliphatic hydroxyl groups is 1. The molecule has 1 N–H and O–H groups in total. The summed E-state index contributed by atoms with van der Waals surface area (Å²) >= 11 is 0. The van der Waals surface area contributed by atoms with Gasteiger partial charge in [-0.3, -0.25) is 4.98 Å². The minimum atomic E-state index is -4.89. The van der Waals surface area contributed by atoms with Crippen LogP contribution in [0.2, 0.25) is 0 Å². The van der Waals surface area contributed by atoms with Crippen LogP contribution in [0, 0.1) is 0 Å². The van der Waals surface area contributed by atoms with Crippen LogP contribution in [0.1, 0.15) is 23.2 Å². The third-order valence-electron chi connectivity index (χ3n) is 3.56. The average molecular weight is 322 g/mol. The quantitative estimate of drug-likeness (QED) is 0.945. The van der Waals surface area contributed by atoms with Crippen LogP contribution >= 0.6 is 0 Å². The van der Waals surface area contributed by atoms with Gasteiger partial charge in [-0.2, -0.15) is 13.2 Å². The summed E-state index contributed by atoms with van der Waals surface area (Å²) in [6, 6.07) is 12.5. The predicted molar refractivity (Wildman–Crippen MR) is 76.7 cm³/mol. The van der Waals surface area contributed by atoms with Crippen LogP contribution in [0.4, 0.5) is 13.2 Å². The summed E-state index contributed by atoms with van der Waals surface area (Å²) in [4.78, 5) is 8.42. The lowest BCUT2D eigenvalue weighted by molar-refractivity contribution is -0.355. The topological polar surface area (TPSA) is 54.7 Å². The van der Waals surface area contributed by atoms with E-state index in [0.717, 1.165) is 11.3 Å². The van der Waals surface area contributed by atoms with Crippen molar-refractivity contribution in [2.75, 3.05) is 0 Å². The summed E-state index contributed by atoms with van der Waals surface area (Å²) in [6.07, 6.45) is -3.30. The van der Waals surface area contributed by atoms with E-state index in [2.05, 4.69) is 15.0 Å². The van der Waals surface area contributed by atoms with Crippen molar-refractivity contribution in [3.05, 3.63) is 65.5 Å². The first kappa shape index (κ1) is 15.5. The molecular formula is C16H13F3N2O2. The number of alkyl halides is 3. The average Bonchev–Trinajstić information content (AvgIpc) is 2.93. The van der Waals surface area contributed by atoms with Crippen LogP contribution < -0.4 is 0 Å². The molecule has 1 aromatic heterocycles. The number of nitrogens with zero attached hydrogens (tertiary/aromatic N) is 2. The molecule has 1 unspecified atom stereocenters. The first-order chi connectivity index (χ1) is 10.9. The van der Waals surface area contributed by atoms with Gasteiger partial charge in [0.15, 0.2) is 0 Å². The van der Waals surface area contributed by atoms with E-state index in [-0.39, 0.29) is 5.71 Å². The summed E-state index contributed by atoms with van der Waals surface area (Å²) in [5.41, 5.74) is 2.41. The van der Waals surface area contributed by atoms with Crippen LogP contribution in [0.25, 0.3) is 0 Å². The van der Waals surface area contributed by atoms with E-state index in [9.17, 15) is 18.3 Å². The Morgan fingerprint density at radius 2 is 1.87 bits per heavy atom. The Labute approximate surface area is 130 Å². The highest BCUT2D eigenvalue weighted by atomic mass is 19.4. The van der Waals surface area contributed by atoms with Gasteiger partial charge in [0, 0.05) is 18.3 Å². The van der Waals surface area contributed by atoms with E-state index in [4.69, 9.17) is 0 Å². The van der Waals surface area contributed by atoms with Crippen LogP contribution in [-0.2, 0) is 11.3 Å². The number of halogens is 3. The number of hydrogen-bond donors (Lipinski definition) is 1. The lowest BCUT2D eigenvalue weighted by Gasteiger charge is -2.22. The van der Waals surface area contributed by atoms with E-state index in [1.165, 1.54) is 0 Å². The molecule has 0 spiro atoms. The van der Waals surface area contributed by atoms with Crippen LogP contribution in [0.3, 0.4) is 0 Å². The van der Waals surface area contributed by atoms with Crippen molar-refractivity contribution in [1.29, 1.82) is 0 Å². The standard InChI is InChI=1S/C16H13F3N2O2/c17-16(18,19)15(22)10-14(21-23-15)12-6-4-11(5-7-12)9-13-3-1-2-8-20-13/h1-8,22H,9-10H2. The molecule has 0 bridgehead atoms. The number of rotatable bonds is 3. The van der Waals surface area contributed by atoms with Gasteiger partial charge in [0.05, 0.1) is 12.1 Å². The normalized spacial score (nSPS) is 21.0. The van der Waals surface area contributed by atoms with Crippen LogP contribution in [-0.4, -0.2) is 27.8 Å². The van der Waals surface area contributed by atoms with Gasteiger partial charge in [-0.25, -0.2) is 0 Å². The zero-order chi connectivity index (χ0) is 16.5. The molecule has 2 aromatic rings. The highest BCUT2D eigenvalue weighted by Gasteiger charge is 2.60. The van der Waals surface area contributed by atoms with Gasteiger partial charge in [-0.05, 0) is 23.3 Å². The first-order valence-corrected chi connectivity index (χ1v) is 6.91. The van der Waals surface area contributed by atoms with Gasteiger partial charge in [-0.15, -0.1) is 0 Å². The van der Waals surface area contributed by atoms with Gasteiger partial charge in [0.25, 0.3) is 0 Å². The Kier molecular flexibility index (Phi) is 3.81. The fourth-order valence-corrected chi connectivity index (χ4v) is 2.26. The highest BCUT2D eigenvalue weighted by Crippen LogP contribution is 2.38. The van der Waals surface area contributed by atoms with Gasteiger partial charge >= 0.3 is 12.0 Å². The molecule has 0 radical (unpaired) electrons. The Hall–Kier alpha value is -2.41. The summed E-state index contributed by atoms with van der Waals surface area (Å²) in [6.45, 7) is 0. The van der Waals surface area contributed by atoms with Gasteiger partial charge in [-0.1, -0.05) is 35.5 Å². The molecule has 23 heavy (non-hydrogen) atoms. The van der Waals surface area contributed by atoms with E-state index < -0.39 is 18.4 Å². The molecular weight excluding hydrogens is 309 g/mol. The maximum Gasteiger partial charge on any atom is 0.458 e. The van der Waals surface area contributed by atoms with Crippen molar-refractivity contribution in [3.63, 3.8) is 0 Å². The molecule has 0 saturated carbocycles. The molecule has 0 fully saturated rings. The van der Waals surface area contributed by atoms with Crippen molar-refractivity contribution in [1.82, 2.24) is 4.98 Å². The summed E-state index contributed by atoms with van der Waals surface area (Å²) in [5, 5.41) is 12.8. The van der Waals surface area contributed by atoms with Crippen LogP contribution in [0.5, 0.6) is 0 Å². The van der Waals surface area contributed by atoms with Crippen molar-refractivity contribution in [3.8, 4) is 0 Å². The molecule has 1 aliphatic rings. The van der Waals surface area contributed by atoms with E-state index in [1.807, 2.05) is 18.2 Å². The highest BCUT2D eigenvalue weighted by molar-refractivity contribution is 6.01. The zero-order valence-corrected chi connectivity index (χ0v) is 11.9. The number of aromatic nitrogens is 1. The molecule has 7 heteroatoms. The minimum absolute atomic E-state index is 0.0641.